The van der Waals surface area contributed by atoms with E-state index in [1.165, 1.54) is 6.92 Å². The van der Waals surface area contributed by atoms with Crippen LogP contribution in [-0.2, 0) is 4.79 Å². The first-order valence-corrected chi connectivity index (χ1v) is 9.12. The predicted octanol–water partition coefficient (Wildman–Crippen LogP) is 5.33. The molecule has 7 heteroatoms. The molecule has 1 N–H and O–H groups in total. The van der Waals surface area contributed by atoms with Crippen molar-refractivity contribution in [2.75, 3.05) is 5.32 Å². The zero-order valence-corrected chi connectivity index (χ0v) is 16.1. The van der Waals surface area contributed by atoms with E-state index >= 15 is 0 Å². The van der Waals surface area contributed by atoms with Gasteiger partial charge in [0.15, 0.2) is 5.58 Å². The van der Waals surface area contributed by atoms with E-state index in [0.717, 1.165) is 5.56 Å². The van der Waals surface area contributed by atoms with Crippen LogP contribution in [-0.4, -0.2) is 16.9 Å². The van der Waals surface area contributed by atoms with Gasteiger partial charge in [0.05, 0.1) is 0 Å². The summed E-state index contributed by atoms with van der Waals surface area (Å²) in [7, 11) is 0. The number of fused-ring (bicyclic) bond motifs is 1. The first kappa shape index (κ1) is 18.7. The third-order valence-electron chi connectivity index (χ3n) is 4.11. The van der Waals surface area contributed by atoms with Crippen LogP contribution in [0.4, 0.5) is 5.69 Å². The minimum atomic E-state index is -0.416. The van der Waals surface area contributed by atoms with Crippen molar-refractivity contribution in [3.05, 3.63) is 77.3 Å². The molecule has 0 spiro atoms. The van der Waals surface area contributed by atoms with Crippen molar-refractivity contribution in [1.82, 2.24) is 4.98 Å². The lowest BCUT2D eigenvalue weighted by Crippen LogP contribution is -2.11. The van der Waals surface area contributed by atoms with Crippen molar-refractivity contribution in [2.45, 2.75) is 6.92 Å². The van der Waals surface area contributed by atoms with Gasteiger partial charge in [-0.1, -0.05) is 11.6 Å². The topological polar surface area (TPSA) is 81.4 Å². The van der Waals surface area contributed by atoms with Gasteiger partial charge in [-0.05, 0) is 66.7 Å². The molecule has 0 bridgehead atoms. The van der Waals surface area contributed by atoms with Crippen LogP contribution in [0.2, 0.25) is 5.02 Å². The molecule has 29 heavy (non-hydrogen) atoms. The average Bonchev–Trinajstić information content (AvgIpc) is 3.12. The molecule has 3 aromatic carbocycles. The number of benzene rings is 3. The highest BCUT2D eigenvalue weighted by atomic mass is 35.5. The number of halogens is 1. The maximum atomic E-state index is 12.5. The zero-order valence-electron chi connectivity index (χ0n) is 15.3. The van der Waals surface area contributed by atoms with Crippen molar-refractivity contribution < 1.29 is 18.7 Å². The lowest BCUT2D eigenvalue weighted by Gasteiger charge is -2.06. The number of esters is 1. The third-order valence-corrected chi connectivity index (χ3v) is 4.37. The van der Waals surface area contributed by atoms with Crippen LogP contribution in [0, 0.1) is 0 Å². The molecule has 1 amide bonds. The number of ether oxygens (including phenoxy) is 1. The van der Waals surface area contributed by atoms with Gasteiger partial charge in [-0.25, -0.2) is 4.98 Å². The summed E-state index contributed by atoms with van der Waals surface area (Å²) < 4.78 is 10.7. The number of carbonyl (C=O) groups excluding carboxylic acids is 2. The minimum absolute atomic E-state index is 0.292. The van der Waals surface area contributed by atoms with E-state index in [0.29, 0.717) is 39.0 Å². The molecule has 0 unspecified atom stereocenters. The van der Waals surface area contributed by atoms with E-state index in [2.05, 4.69) is 10.3 Å². The highest BCUT2D eigenvalue weighted by Crippen LogP contribution is 2.27. The smallest absolute Gasteiger partial charge is 0.308 e. The Hall–Kier alpha value is -3.64. The molecule has 0 saturated carbocycles. The number of carbonyl (C=O) groups is 2. The lowest BCUT2D eigenvalue weighted by molar-refractivity contribution is -0.131. The number of nitrogens with one attached hydrogen (secondary N) is 1. The Morgan fingerprint density at radius 2 is 1.72 bits per heavy atom. The number of hydrogen-bond donors (Lipinski definition) is 1. The number of nitrogens with zero attached hydrogens (tertiary/aromatic N) is 1. The Morgan fingerprint density at radius 3 is 2.41 bits per heavy atom. The van der Waals surface area contributed by atoms with Crippen LogP contribution in [0.25, 0.3) is 22.6 Å². The quantitative estimate of drug-likeness (QED) is 0.366. The van der Waals surface area contributed by atoms with E-state index in [9.17, 15) is 9.59 Å². The average molecular weight is 407 g/mol. The number of rotatable bonds is 4. The molecule has 144 valence electrons. The first-order valence-electron chi connectivity index (χ1n) is 8.74. The van der Waals surface area contributed by atoms with Crippen LogP contribution in [0.3, 0.4) is 0 Å². The number of hydrogen-bond acceptors (Lipinski definition) is 5. The van der Waals surface area contributed by atoms with Gasteiger partial charge < -0.3 is 14.5 Å². The van der Waals surface area contributed by atoms with Crippen LogP contribution >= 0.6 is 11.6 Å². The van der Waals surface area contributed by atoms with Gasteiger partial charge in [0.2, 0.25) is 5.89 Å². The van der Waals surface area contributed by atoms with E-state index < -0.39 is 5.97 Å². The number of oxazole rings is 1. The predicted molar refractivity (Wildman–Crippen MR) is 110 cm³/mol. The molecule has 4 aromatic rings. The van der Waals surface area contributed by atoms with E-state index in [1.54, 1.807) is 54.6 Å². The SMILES string of the molecule is CC(=O)Oc1ccc(C(=O)Nc2ccc3oc(-c4ccc(Cl)cc4)nc3c2)cc1. The summed E-state index contributed by atoms with van der Waals surface area (Å²) in [6.07, 6.45) is 0. The summed E-state index contributed by atoms with van der Waals surface area (Å²) in [6.45, 7) is 1.32. The fourth-order valence-electron chi connectivity index (χ4n) is 2.76. The molecule has 0 saturated heterocycles. The molecule has 6 nitrogen and oxygen atoms in total. The maximum Gasteiger partial charge on any atom is 0.308 e. The fourth-order valence-corrected chi connectivity index (χ4v) is 2.89. The van der Waals surface area contributed by atoms with Crippen LogP contribution in [0.1, 0.15) is 17.3 Å². The van der Waals surface area contributed by atoms with Crippen molar-refractivity contribution in [3.8, 4) is 17.2 Å². The Morgan fingerprint density at radius 1 is 1.00 bits per heavy atom. The van der Waals surface area contributed by atoms with Gasteiger partial charge in [-0.3, -0.25) is 9.59 Å². The molecule has 0 atom stereocenters. The Labute approximate surface area is 171 Å². The van der Waals surface area contributed by atoms with Crippen LogP contribution in [0.5, 0.6) is 5.75 Å². The van der Waals surface area contributed by atoms with Gasteiger partial charge in [0, 0.05) is 28.8 Å². The second kappa shape index (κ2) is 7.77. The minimum Gasteiger partial charge on any atom is -0.436 e. The summed E-state index contributed by atoms with van der Waals surface area (Å²) in [5.41, 5.74) is 3.06. The summed E-state index contributed by atoms with van der Waals surface area (Å²) >= 11 is 5.92. The van der Waals surface area contributed by atoms with Crippen LogP contribution < -0.4 is 10.1 Å². The Balaban J connectivity index is 1.52. The number of anilines is 1. The maximum absolute atomic E-state index is 12.5. The molecule has 0 aliphatic rings. The largest absolute Gasteiger partial charge is 0.436 e. The van der Waals surface area contributed by atoms with Crippen molar-refractivity contribution in [3.63, 3.8) is 0 Å². The van der Waals surface area contributed by atoms with E-state index in [1.807, 2.05) is 12.1 Å². The molecule has 0 fully saturated rings. The van der Waals surface area contributed by atoms with E-state index in [-0.39, 0.29) is 5.91 Å². The summed E-state index contributed by atoms with van der Waals surface area (Å²) in [5.74, 6) is 0.148. The van der Waals surface area contributed by atoms with Crippen molar-refractivity contribution >= 4 is 40.3 Å². The molecular weight excluding hydrogens is 392 g/mol. The van der Waals surface area contributed by atoms with Gasteiger partial charge in [0.1, 0.15) is 11.3 Å². The highest BCUT2D eigenvalue weighted by molar-refractivity contribution is 6.30. The standard InChI is InChI=1S/C22H15ClN2O4/c1-13(26)28-18-9-4-14(5-10-18)21(27)24-17-8-11-20-19(12-17)25-22(29-20)15-2-6-16(23)7-3-15/h2-12H,1H3,(H,24,27). The van der Waals surface area contributed by atoms with Crippen molar-refractivity contribution in [2.24, 2.45) is 0 Å². The molecule has 4 rings (SSSR count). The van der Waals surface area contributed by atoms with Crippen LogP contribution in [0.15, 0.2) is 71.1 Å². The van der Waals surface area contributed by atoms with E-state index in [4.69, 9.17) is 20.8 Å². The molecular formula is C22H15ClN2O4. The van der Waals surface area contributed by atoms with Gasteiger partial charge in [-0.2, -0.15) is 0 Å². The second-order valence-electron chi connectivity index (χ2n) is 6.28. The molecule has 1 aromatic heterocycles. The zero-order chi connectivity index (χ0) is 20.4. The fraction of sp³-hybridized carbons (Fsp3) is 0.0455. The normalized spacial score (nSPS) is 10.7. The van der Waals surface area contributed by atoms with Gasteiger partial charge >= 0.3 is 5.97 Å². The summed E-state index contributed by atoms with van der Waals surface area (Å²) in [4.78, 5) is 27.9. The highest BCUT2D eigenvalue weighted by Gasteiger charge is 2.11. The monoisotopic (exact) mass is 406 g/mol. The van der Waals surface area contributed by atoms with Gasteiger partial charge in [-0.15, -0.1) is 0 Å². The van der Waals surface area contributed by atoms with Crippen molar-refractivity contribution in [1.29, 1.82) is 0 Å². The number of amides is 1. The lowest BCUT2D eigenvalue weighted by atomic mass is 10.2. The second-order valence-corrected chi connectivity index (χ2v) is 6.72. The molecule has 0 aliphatic heterocycles. The Kier molecular flexibility index (Phi) is 5.01. The molecule has 1 heterocycles. The van der Waals surface area contributed by atoms with Gasteiger partial charge in [0.25, 0.3) is 5.91 Å². The molecule has 0 radical (unpaired) electrons. The summed E-state index contributed by atoms with van der Waals surface area (Å²) in [6, 6.07) is 18.7. The first-order chi connectivity index (χ1) is 14.0. The third kappa shape index (κ3) is 4.28. The number of aromatic nitrogens is 1. The Bertz CT molecular complexity index is 1200. The molecule has 0 aliphatic carbocycles. The summed E-state index contributed by atoms with van der Waals surface area (Å²) in [5, 5.41) is 3.46.